The van der Waals surface area contributed by atoms with Crippen molar-refractivity contribution in [2.75, 3.05) is 7.05 Å². The second kappa shape index (κ2) is 6.13. The Kier molecular flexibility index (Phi) is 4.46. The molecule has 0 fully saturated rings. The third kappa shape index (κ3) is 3.15. The monoisotopic (exact) mass is 299 g/mol. The minimum atomic E-state index is -3.62. The Morgan fingerprint density at radius 3 is 2.14 bits per heavy atom. The van der Waals surface area contributed by atoms with E-state index >= 15 is 0 Å². The molecular formula is C17H17NO2S. The average Bonchev–Trinajstić information content (AvgIpc) is 2.49. The number of nitrogens with zero attached hydrogens (tertiary/aromatic N) is 1. The van der Waals surface area contributed by atoms with Crippen molar-refractivity contribution in [1.29, 1.82) is 0 Å². The van der Waals surface area contributed by atoms with E-state index in [4.69, 9.17) is 6.42 Å². The highest BCUT2D eigenvalue weighted by Crippen LogP contribution is 2.25. The summed E-state index contributed by atoms with van der Waals surface area (Å²) in [6.07, 6.45) is 5.55. The maximum atomic E-state index is 12.6. The van der Waals surface area contributed by atoms with Crippen LogP contribution in [0.15, 0.2) is 59.5 Å². The molecule has 0 saturated heterocycles. The lowest BCUT2D eigenvalue weighted by Gasteiger charge is -2.23. The standard InChI is InChI=1S/C17H17NO2S/c1-4-17(15-8-6-5-7-9-15)18(3)21(19,20)16-12-10-14(2)11-13-16/h1,5-13,17H,2-3H3. The summed E-state index contributed by atoms with van der Waals surface area (Å²) in [5.41, 5.74) is 1.78. The first-order chi connectivity index (χ1) is 9.96. The summed E-state index contributed by atoms with van der Waals surface area (Å²) in [4.78, 5) is 0.242. The van der Waals surface area contributed by atoms with E-state index in [1.54, 1.807) is 24.3 Å². The quantitative estimate of drug-likeness (QED) is 0.814. The number of hydrogen-bond acceptors (Lipinski definition) is 2. The van der Waals surface area contributed by atoms with Crippen LogP contribution in [0.25, 0.3) is 0 Å². The highest BCUT2D eigenvalue weighted by atomic mass is 32.2. The van der Waals surface area contributed by atoms with Gasteiger partial charge in [-0.05, 0) is 24.6 Å². The van der Waals surface area contributed by atoms with E-state index in [9.17, 15) is 8.42 Å². The van der Waals surface area contributed by atoms with Crippen LogP contribution < -0.4 is 0 Å². The highest BCUT2D eigenvalue weighted by molar-refractivity contribution is 7.89. The maximum Gasteiger partial charge on any atom is 0.244 e. The minimum Gasteiger partial charge on any atom is -0.207 e. The predicted molar refractivity (Wildman–Crippen MR) is 84.1 cm³/mol. The molecule has 21 heavy (non-hydrogen) atoms. The van der Waals surface area contributed by atoms with Crippen LogP contribution in [0.3, 0.4) is 0 Å². The van der Waals surface area contributed by atoms with Gasteiger partial charge in [-0.1, -0.05) is 53.9 Å². The van der Waals surface area contributed by atoms with Crippen LogP contribution >= 0.6 is 0 Å². The highest BCUT2D eigenvalue weighted by Gasteiger charge is 2.27. The largest absolute Gasteiger partial charge is 0.244 e. The fourth-order valence-corrected chi connectivity index (χ4v) is 3.33. The molecule has 4 heteroatoms. The van der Waals surface area contributed by atoms with Gasteiger partial charge in [-0.25, -0.2) is 8.42 Å². The fourth-order valence-electron chi connectivity index (χ4n) is 2.06. The van der Waals surface area contributed by atoms with Crippen molar-refractivity contribution >= 4 is 10.0 Å². The summed E-state index contributed by atoms with van der Waals surface area (Å²) < 4.78 is 26.5. The van der Waals surface area contributed by atoms with Gasteiger partial charge < -0.3 is 0 Å². The summed E-state index contributed by atoms with van der Waals surface area (Å²) in [6.45, 7) is 1.91. The lowest BCUT2D eigenvalue weighted by molar-refractivity contribution is 0.435. The summed E-state index contributed by atoms with van der Waals surface area (Å²) in [6, 6.07) is 15.3. The number of sulfonamides is 1. The predicted octanol–water partition coefficient (Wildman–Crippen LogP) is 2.99. The normalized spacial score (nSPS) is 12.9. The summed E-state index contributed by atoms with van der Waals surface area (Å²) in [5, 5.41) is 0. The number of benzene rings is 2. The van der Waals surface area contributed by atoms with Crippen LogP contribution in [0.5, 0.6) is 0 Å². The molecule has 0 aromatic heterocycles. The zero-order chi connectivity index (χ0) is 15.5. The number of rotatable bonds is 4. The van der Waals surface area contributed by atoms with Crippen molar-refractivity contribution in [2.45, 2.75) is 17.9 Å². The molecule has 1 unspecified atom stereocenters. The molecule has 3 nitrogen and oxygen atoms in total. The Labute approximate surface area is 126 Å². The Balaban J connectivity index is 2.40. The van der Waals surface area contributed by atoms with Gasteiger partial charge in [0.1, 0.15) is 6.04 Å². The van der Waals surface area contributed by atoms with Gasteiger partial charge in [0.15, 0.2) is 0 Å². The summed E-state index contributed by atoms with van der Waals surface area (Å²) in [7, 11) is -2.12. The molecular weight excluding hydrogens is 282 g/mol. The van der Waals surface area contributed by atoms with E-state index in [2.05, 4.69) is 5.92 Å². The van der Waals surface area contributed by atoms with Crippen LogP contribution in [-0.2, 0) is 10.0 Å². The molecule has 1 atom stereocenters. The van der Waals surface area contributed by atoms with Gasteiger partial charge in [0.2, 0.25) is 10.0 Å². The average molecular weight is 299 g/mol. The molecule has 0 heterocycles. The Bertz CT molecular complexity index is 744. The molecule has 0 aliphatic rings. The van der Waals surface area contributed by atoms with E-state index in [-0.39, 0.29) is 4.90 Å². The molecule has 0 saturated carbocycles. The molecule has 108 valence electrons. The third-order valence-electron chi connectivity index (χ3n) is 3.33. The number of terminal acetylenes is 1. The van der Waals surface area contributed by atoms with Gasteiger partial charge in [0, 0.05) is 7.05 Å². The molecule has 0 amide bonds. The number of aryl methyl sites for hydroxylation is 1. The third-order valence-corrected chi connectivity index (χ3v) is 5.17. The molecule has 0 aliphatic heterocycles. The second-order valence-corrected chi connectivity index (χ2v) is 6.81. The van der Waals surface area contributed by atoms with Crippen LogP contribution in [0.4, 0.5) is 0 Å². The van der Waals surface area contributed by atoms with Crippen molar-refractivity contribution in [2.24, 2.45) is 0 Å². The minimum absolute atomic E-state index is 0.242. The fraction of sp³-hybridized carbons (Fsp3) is 0.176. The molecule has 0 N–H and O–H groups in total. The molecule has 2 aromatic rings. The van der Waals surface area contributed by atoms with Gasteiger partial charge in [-0.2, -0.15) is 4.31 Å². The Morgan fingerprint density at radius 1 is 1.05 bits per heavy atom. The molecule has 0 spiro atoms. The van der Waals surface area contributed by atoms with Gasteiger partial charge in [-0.3, -0.25) is 0 Å². The van der Waals surface area contributed by atoms with Crippen LogP contribution in [0.1, 0.15) is 17.2 Å². The first-order valence-electron chi connectivity index (χ1n) is 6.52. The van der Waals surface area contributed by atoms with Gasteiger partial charge in [0.05, 0.1) is 4.90 Å². The van der Waals surface area contributed by atoms with Gasteiger partial charge in [-0.15, -0.1) is 6.42 Å². The summed E-state index contributed by atoms with van der Waals surface area (Å²) >= 11 is 0. The second-order valence-electron chi connectivity index (χ2n) is 4.81. The van der Waals surface area contributed by atoms with Crippen molar-refractivity contribution in [3.63, 3.8) is 0 Å². The maximum absolute atomic E-state index is 12.6. The first kappa shape index (κ1) is 15.3. The lowest BCUT2D eigenvalue weighted by Crippen LogP contribution is -2.30. The van der Waals surface area contributed by atoms with E-state index in [1.807, 2.05) is 37.3 Å². The van der Waals surface area contributed by atoms with Crippen molar-refractivity contribution in [3.05, 3.63) is 65.7 Å². The van der Waals surface area contributed by atoms with Crippen LogP contribution in [-0.4, -0.2) is 19.8 Å². The van der Waals surface area contributed by atoms with Crippen molar-refractivity contribution < 1.29 is 8.42 Å². The zero-order valence-electron chi connectivity index (χ0n) is 12.0. The topological polar surface area (TPSA) is 37.4 Å². The molecule has 2 aromatic carbocycles. The summed E-state index contributed by atoms with van der Waals surface area (Å²) in [5.74, 6) is 2.55. The van der Waals surface area contributed by atoms with E-state index in [0.717, 1.165) is 11.1 Å². The van der Waals surface area contributed by atoms with Gasteiger partial charge in [0.25, 0.3) is 0 Å². The number of hydrogen-bond donors (Lipinski definition) is 0. The zero-order valence-corrected chi connectivity index (χ0v) is 12.8. The molecule has 2 rings (SSSR count). The first-order valence-corrected chi connectivity index (χ1v) is 7.96. The van der Waals surface area contributed by atoms with E-state index in [1.165, 1.54) is 11.4 Å². The van der Waals surface area contributed by atoms with Crippen LogP contribution in [0.2, 0.25) is 0 Å². The van der Waals surface area contributed by atoms with E-state index < -0.39 is 16.1 Å². The molecule has 0 radical (unpaired) electrons. The Morgan fingerprint density at radius 2 is 1.62 bits per heavy atom. The van der Waals surface area contributed by atoms with Crippen molar-refractivity contribution in [1.82, 2.24) is 4.31 Å². The lowest BCUT2D eigenvalue weighted by atomic mass is 10.1. The smallest absolute Gasteiger partial charge is 0.207 e. The molecule has 0 aliphatic carbocycles. The van der Waals surface area contributed by atoms with E-state index in [0.29, 0.717) is 0 Å². The Hall–Kier alpha value is -2.09. The van der Waals surface area contributed by atoms with Gasteiger partial charge >= 0.3 is 0 Å². The van der Waals surface area contributed by atoms with Crippen LogP contribution in [0, 0.1) is 19.3 Å². The van der Waals surface area contributed by atoms with Crippen molar-refractivity contribution in [3.8, 4) is 12.3 Å². The SMILES string of the molecule is C#CC(c1ccccc1)N(C)S(=O)(=O)c1ccc(C)cc1. The molecule has 0 bridgehead atoms.